The molecule has 2 aliphatic rings. The Kier molecular flexibility index (Phi) is 6.30. The Bertz CT molecular complexity index is 334. The molecule has 1 aliphatic carbocycles. The lowest BCUT2D eigenvalue weighted by atomic mass is 9.85. The Hall–Kier alpha value is -0.810. The SMILES string of the molecule is CCNC(=NCC1(O)CCCCC1)N(C)CC1CCOC1. The van der Waals surface area contributed by atoms with Crippen molar-refractivity contribution in [1.29, 1.82) is 0 Å². The summed E-state index contributed by atoms with van der Waals surface area (Å²) in [7, 11) is 2.07. The fourth-order valence-electron chi connectivity index (χ4n) is 3.26. The van der Waals surface area contributed by atoms with Crippen LogP contribution in [0.3, 0.4) is 0 Å². The van der Waals surface area contributed by atoms with Gasteiger partial charge in [0.1, 0.15) is 0 Å². The van der Waals surface area contributed by atoms with Crippen LogP contribution < -0.4 is 5.32 Å². The molecule has 5 heteroatoms. The summed E-state index contributed by atoms with van der Waals surface area (Å²) in [5, 5.41) is 13.9. The third kappa shape index (κ3) is 5.15. The fraction of sp³-hybridized carbons (Fsp3) is 0.938. The first-order chi connectivity index (χ1) is 10.1. The average molecular weight is 297 g/mol. The van der Waals surface area contributed by atoms with E-state index in [0.29, 0.717) is 12.5 Å². The van der Waals surface area contributed by atoms with Gasteiger partial charge in [-0.2, -0.15) is 0 Å². The Morgan fingerprint density at radius 2 is 2.14 bits per heavy atom. The van der Waals surface area contributed by atoms with Gasteiger partial charge in [0.05, 0.1) is 18.8 Å². The van der Waals surface area contributed by atoms with Gasteiger partial charge in [0, 0.05) is 32.7 Å². The fourth-order valence-corrected chi connectivity index (χ4v) is 3.26. The standard InChI is InChI=1S/C16H31N3O2/c1-3-17-15(19(2)11-14-7-10-21-12-14)18-13-16(20)8-5-4-6-9-16/h14,20H,3-13H2,1-2H3,(H,17,18). The highest BCUT2D eigenvalue weighted by molar-refractivity contribution is 5.79. The highest BCUT2D eigenvalue weighted by atomic mass is 16.5. The minimum atomic E-state index is -0.587. The van der Waals surface area contributed by atoms with E-state index >= 15 is 0 Å². The lowest BCUT2D eigenvalue weighted by molar-refractivity contribution is 0.0130. The second kappa shape index (κ2) is 7.99. The normalized spacial score (nSPS) is 25.9. The van der Waals surface area contributed by atoms with Crippen LogP contribution in [0.1, 0.15) is 45.4 Å². The molecule has 1 atom stereocenters. The second-order valence-electron chi connectivity index (χ2n) is 6.57. The molecule has 0 spiro atoms. The van der Waals surface area contributed by atoms with E-state index in [1.54, 1.807) is 0 Å². The molecule has 21 heavy (non-hydrogen) atoms. The summed E-state index contributed by atoms with van der Waals surface area (Å²) in [6.07, 6.45) is 6.39. The summed E-state index contributed by atoms with van der Waals surface area (Å²) < 4.78 is 5.44. The Balaban J connectivity index is 1.90. The zero-order valence-electron chi connectivity index (χ0n) is 13.6. The number of nitrogens with zero attached hydrogens (tertiary/aromatic N) is 2. The number of nitrogens with one attached hydrogen (secondary N) is 1. The average Bonchev–Trinajstić information content (AvgIpc) is 2.97. The summed E-state index contributed by atoms with van der Waals surface area (Å²) >= 11 is 0. The minimum absolute atomic E-state index is 0.515. The van der Waals surface area contributed by atoms with E-state index in [1.165, 1.54) is 6.42 Å². The van der Waals surface area contributed by atoms with Gasteiger partial charge in [0.2, 0.25) is 0 Å². The molecule has 1 heterocycles. The van der Waals surface area contributed by atoms with Crippen molar-refractivity contribution >= 4 is 5.96 Å². The molecule has 0 aromatic rings. The number of aliphatic hydroxyl groups is 1. The number of ether oxygens (including phenoxy) is 1. The van der Waals surface area contributed by atoms with Crippen molar-refractivity contribution in [2.75, 3.05) is 39.9 Å². The van der Waals surface area contributed by atoms with Crippen LogP contribution >= 0.6 is 0 Å². The van der Waals surface area contributed by atoms with Crippen LogP contribution in [-0.2, 0) is 4.74 Å². The van der Waals surface area contributed by atoms with Gasteiger partial charge < -0.3 is 20.1 Å². The number of guanidine groups is 1. The quantitative estimate of drug-likeness (QED) is 0.598. The molecule has 2 rings (SSSR count). The van der Waals surface area contributed by atoms with Crippen LogP contribution in [0.2, 0.25) is 0 Å². The first kappa shape index (κ1) is 16.6. The van der Waals surface area contributed by atoms with Crippen molar-refractivity contribution in [2.45, 2.75) is 51.0 Å². The summed E-state index contributed by atoms with van der Waals surface area (Å²) in [4.78, 5) is 6.87. The maximum atomic E-state index is 10.6. The van der Waals surface area contributed by atoms with Gasteiger partial charge in [-0.1, -0.05) is 19.3 Å². The molecule has 0 amide bonds. The molecule has 0 aromatic heterocycles. The van der Waals surface area contributed by atoms with Crippen LogP contribution in [0.4, 0.5) is 0 Å². The first-order valence-electron chi connectivity index (χ1n) is 8.42. The number of aliphatic imine (C=N–C) groups is 1. The van der Waals surface area contributed by atoms with Crippen LogP contribution in [0.15, 0.2) is 4.99 Å². The molecule has 2 N–H and O–H groups in total. The van der Waals surface area contributed by atoms with E-state index < -0.39 is 5.60 Å². The lowest BCUT2D eigenvalue weighted by Crippen LogP contribution is -2.43. The summed E-state index contributed by atoms with van der Waals surface area (Å²) in [5.41, 5.74) is -0.587. The molecule has 1 saturated carbocycles. The van der Waals surface area contributed by atoms with E-state index in [9.17, 15) is 5.11 Å². The Labute approximate surface area is 128 Å². The first-order valence-corrected chi connectivity index (χ1v) is 8.42. The molecule has 1 aliphatic heterocycles. The number of hydrogen-bond acceptors (Lipinski definition) is 3. The van der Waals surface area contributed by atoms with Crippen molar-refractivity contribution in [2.24, 2.45) is 10.9 Å². The van der Waals surface area contributed by atoms with E-state index in [4.69, 9.17) is 9.73 Å². The van der Waals surface area contributed by atoms with Crippen molar-refractivity contribution in [3.05, 3.63) is 0 Å². The summed E-state index contributed by atoms with van der Waals surface area (Å²) in [5.74, 6) is 1.50. The van der Waals surface area contributed by atoms with Crippen molar-refractivity contribution in [1.82, 2.24) is 10.2 Å². The largest absolute Gasteiger partial charge is 0.388 e. The van der Waals surface area contributed by atoms with E-state index in [-0.39, 0.29) is 0 Å². The van der Waals surface area contributed by atoms with Gasteiger partial charge in [0.25, 0.3) is 0 Å². The van der Waals surface area contributed by atoms with Crippen molar-refractivity contribution in [3.8, 4) is 0 Å². The third-order valence-electron chi connectivity index (χ3n) is 4.56. The van der Waals surface area contributed by atoms with Crippen molar-refractivity contribution < 1.29 is 9.84 Å². The summed E-state index contributed by atoms with van der Waals surface area (Å²) in [6.45, 7) is 6.14. The molecule has 0 aromatic carbocycles. The Morgan fingerprint density at radius 1 is 1.38 bits per heavy atom. The third-order valence-corrected chi connectivity index (χ3v) is 4.56. The predicted octanol–water partition coefficient (Wildman–Crippen LogP) is 1.62. The smallest absolute Gasteiger partial charge is 0.193 e. The molecule has 1 saturated heterocycles. The van der Waals surface area contributed by atoms with Crippen LogP contribution in [0.5, 0.6) is 0 Å². The molecular formula is C16H31N3O2. The maximum absolute atomic E-state index is 10.6. The van der Waals surface area contributed by atoms with Gasteiger partial charge in [-0.25, -0.2) is 0 Å². The molecule has 122 valence electrons. The lowest BCUT2D eigenvalue weighted by Gasteiger charge is -2.31. The highest BCUT2D eigenvalue weighted by Gasteiger charge is 2.29. The molecule has 0 radical (unpaired) electrons. The van der Waals surface area contributed by atoms with E-state index in [2.05, 4.69) is 24.2 Å². The van der Waals surface area contributed by atoms with E-state index in [0.717, 1.165) is 64.4 Å². The number of hydrogen-bond donors (Lipinski definition) is 2. The molecule has 0 bridgehead atoms. The number of rotatable bonds is 5. The zero-order chi connectivity index (χ0) is 15.1. The predicted molar refractivity (Wildman–Crippen MR) is 85.6 cm³/mol. The van der Waals surface area contributed by atoms with Gasteiger partial charge in [-0.3, -0.25) is 4.99 Å². The highest BCUT2D eigenvalue weighted by Crippen LogP contribution is 2.28. The van der Waals surface area contributed by atoms with E-state index in [1.807, 2.05) is 0 Å². The molecule has 2 fully saturated rings. The topological polar surface area (TPSA) is 57.1 Å². The van der Waals surface area contributed by atoms with Crippen molar-refractivity contribution in [3.63, 3.8) is 0 Å². The van der Waals surface area contributed by atoms with Crippen LogP contribution in [0, 0.1) is 5.92 Å². The van der Waals surface area contributed by atoms with Crippen LogP contribution in [0.25, 0.3) is 0 Å². The molecular weight excluding hydrogens is 266 g/mol. The summed E-state index contributed by atoms with van der Waals surface area (Å²) in [6, 6.07) is 0. The Morgan fingerprint density at radius 3 is 2.76 bits per heavy atom. The van der Waals surface area contributed by atoms with Gasteiger partial charge in [-0.05, 0) is 26.2 Å². The van der Waals surface area contributed by atoms with Gasteiger partial charge >= 0.3 is 0 Å². The zero-order valence-corrected chi connectivity index (χ0v) is 13.6. The maximum Gasteiger partial charge on any atom is 0.193 e. The van der Waals surface area contributed by atoms with Gasteiger partial charge in [0.15, 0.2) is 5.96 Å². The van der Waals surface area contributed by atoms with Crippen LogP contribution in [-0.4, -0.2) is 61.5 Å². The second-order valence-corrected chi connectivity index (χ2v) is 6.57. The minimum Gasteiger partial charge on any atom is -0.388 e. The molecule has 5 nitrogen and oxygen atoms in total. The monoisotopic (exact) mass is 297 g/mol. The molecule has 1 unspecified atom stereocenters. The van der Waals surface area contributed by atoms with Gasteiger partial charge in [-0.15, -0.1) is 0 Å².